The molecular weight excluding hydrogens is 1540 g/mol. The lowest BCUT2D eigenvalue weighted by Gasteiger charge is -2.50. The molecule has 0 bridgehead atoms. The Morgan fingerprint density at radius 1 is 0.356 bits per heavy atom. The second-order valence-electron chi connectivity index (χ2n) is 34.5. The lowest BCUT2D eigenvalue weighted by atomic mass is 9.84. The highest BCUT2D eigenvalue weighted by atomic mass is 31.2. The number of carbonyl (C=O) groups excluding carboxylic acids is 4. The van der Waals surface area contributed by atoms with Gasteiger partial charge in [0.2, 0.25) is 0 Å². The number of hydrogen-bond acceptors (Lipinski definition) is 24. The Labute approximate surface area is 712 Å². The van der Waals surface area contributed by atoms with E-state index in [1.54, 1.807) is 0 Å². The van der Waals surface area contributed by atoms with E-state index in [0.29, 0.717) is 38.0 Å². The van der Waals surface area contributed by atoms with Crippen LogP contribution in [0, 0.1) is 5.92 Å². The summed E-state index contributed by atoms with van der Waals surface area (Å²) in [5, 5.41) is 102. The van der Waals surface area contributed by atoms with Crippen LogP contribution in [-0.4, -0.2) is 205 Å². The van der Waals surface area contributed by atoms with Crippen LogP contribution in [0.15, 0.2) is 12.2 Å². The van der Waals surface area contributed by atoms with Crippen LogP contribution in [0.2, 0.25) is 0 Å². The molecule has 694 valence electrons. The highest BCUT2D eigenvalue weighted by Gasteiger charge is 2.60. The molecule has 0 aromatic rings. The zero-order valence-electron chi connectivity index (χ0n) is 74.1. The fraction of sp³-hybridized carbons (Fsp3) is 0.935. The minimum Gasteiger partial charge on any atom is -0.463 e. The summed E-state index contributed by atoms with van der Waals surface area (Å²) in [7, 11) is -5.81. The number of hydrogen-bond donors (Lipinski definition) is 10. The third kappa shape index (κ3) is 50.4. The van der Waals surface area contributed by atoms with Crippen LogP contribution < -0.4 is 0 Å². The topological polar surface area (TPSA) is 380 Å². The molecule has 0 aromatic heterocycles. The number of phosphoric acid groups is 1. The van der Waals surface area contributed by atoms with Crippen molar-refractivity contribution in [1.29, 1.82) is 0 Å². The van der Waals surface area contributed by atoms with Gasteiger partial charge in [0, 0.05) is 25.7 Å². The molecule has 19 unspecified atom stereocenters. The molecule has 3 aliphatic rings. The van der Waals surface area contributed by atoms with Gasteiger partial charge in [-0.25, -0.2) is 4.57 Å². The second-order valence-corrected chi connectivity index (χ2v) is 35.9. The first-order valence-electron chi connectivity index (χ1n) is 47.8. The zero-order valence-corrected chi connectivity index (χ0v) is 75.0. The summed E-state index contributed by atoms with van der Waals surface area (Å²) in [6.07, 6.45) is 27.8. The van der Waals surface area contributed by atoms with Gasteiger partial charge in [-0.2, -0.15) is 0 Å². The van der Waals surface area contributed by atoms with Gasteiger partial charge in [-0.05, 0) is 57.3 Å². The first kappa shape index (κ1) is 109. The van der Waals surface area contributed by atoms with Crippen LogP contribution in [0.1, 0.15) is 413 Å². The molecule has 0 amide bonds. The number of aliphatic hydroxyl groups is 9. The molecule has 3 rings (SSSR count). The Morgan fingerprint density at radius 3 is 1.10 bits per heavy atom. The highest BCUT2D eigenvalue weighted by molar-refractivity contribution is 7.47. The van der Waals surface area contributed by atoms with E-state index in [0.717, 1.165) is 122 Å². The van der Waals surface area contributed by atoms with E-state index >= 15 is 0 Å². The Morgan fingerprint density at radius 2 is 0.686 bits per heavy atom. The summed E-state index contributed by atoms with van der Waals surface area (Å²) in [5.74, 6) is -2.28. The molecule has 3 fully saturated rings. The van der Waals surface area contributed by atoms with E-state index in [1.807, 2.05) is 0 Å². The van der Waals surface area contributed by atoms with Gasteiger partial charge in [0.15, 0.2) is 24.8 Å². The summed E-state index contributed by atoms with van der Waals surface area (Å²) in [4.78, 5) is 66.5. The van der Waals surface area contributed by atoms with Crippen molar-refractivity contribution in [3.8, 4) is 0 Å². The van der Waals surface area contributed by atoms with E-state index in [1.165, 1.54) is 193 Å². The number of carbonyl (C=O) groups is 4. The standard InChI is InChI=1S/C92H171O25P/c1-6-10-14-18-22-25-28-31-33-36-38-41-44-51-57-63-75(94)108-68-72(111-77(96)65-59-53-45-42-40-37-34-32-29-26-23-19-15-11-7-2)69-110-118(106,107)117-90-88(115-91-85(104)81(100)79(98)73(67-93)112-91)84(103)83(102)87(114-78(97)66-60-54-46-43-39-35-30-27-24-20-16-12-8-3)89(90)116-92-86(105)82(101)80(99)74(113-92)70-109-76(95)64-58-52-48-47-50-56-62-71(5)61-55-49-21-17-13-9-4/h35,39,71-74,79-93,98-105H,6-34,36-38,40-70H2,1-5H3,(H,106,107)/b39-35-. The van der Waals surface area contributed by atoms with Gasteiger partial charge < -0.3 is 88.7 Å². The van der Waals surface area contributed by atoms with Crippen molar-refractivity contribution in [3.05, 3.63) is 12.2 Å². The summed E-state index contributed by atoms with van der Waals surface area (Å²) in [6.45, 7) is 7.93. The van der Waals surface area contributed by atoms with Gasteiger partial charge in [-0.1, -0.05) is 349 Å². The maximum absolute atomic E-state index is 14.9. The molecule has 25 nitrogen and oxygen atoms in total. The summed E-state index contributed by atoms with van der Waals surface area (Å²) >= 11 is 0. The van der Waals surface area contributed by atoms with Crippen molar-refractivity contribution in [2.75, 3.05) is 26.4 Å². The molecule has 1 saturated carbocycles. The first-order valence-corrected chi connectivity index (χ1v) is 49.3. The molecule has 26 heteroatoms. The summed E-state index contributed by atoms with van der Waals surface area (Å²) in [5.41, 5.74) is 0. The van der Waals surface area contributed by atoms with Gasteiger partial charge in [0.05, 0.1) is 13.2 Å². The van der Waals surface area contributed by atoms with Gasteiger partial charge >= 0.3 is 31.7 Å². The van der Waals surface area contributed by atoms with E-state index in [4.69, 9.17) is 46.9 Å². The molecule has 2 aliphatic heterocycles. The maximum Gasteiger partial charge on any atom is 0.472 e. The molecule has 1 aliphatic carbocycles. The molecule has 10 N–H and O–H groups in total. The maximum atomic E-state index is 14.9. The minimum absolute atomic E-state index is 0.0144. The number of esters is 4. The number of ether oxygens (including phenoxy) is 8. The predicted octanol–water partition coefficient (Wildman–Crippen LogP) is 17.8. The fourth-order valence-corrected chi connectivity index (χ4v) is 16.9. The van der Waals surface area contributed by atoms with Crippen molar-refractivity contribution in [3.63, 3.8) is 0 Å². The molecule has 118 heavy (non-hydrogen) atoms. The number of phosphoric ester groups is 1. The van der Waals surface area contributed by atoms with E-state index in [9.17, 15) is 74.6 Å². The summed E-state index contributed by atoms with van der Waals surface area (Å²) < 4.78 is 73.5. The SMILES string of the molecule is CCCCCCCC/C=C\CCCCCC(=O)OC1C(O)C(O)C(OC2OC(CO)C(O)C(O)C2O)C(OP(=O)(O)OCC(COC(=O)CCCCCCCCCCCCCCCCC)OC(=O)CCCCCCCCCCCCCCCCC)C1OC1OC(COC(=O)CCCCCCCCC(C)CCCCCCCC)C(O)C(O)C1O. The number of allylic oxidation sites excluding steroid dienone is 2. The average molecular weight is 1710 g/mol. The molecular formula is C92H171O25P. The van der Waals surface area contributed by atoms with Gasteiger partial charge in [-0.3, -0.25) is 28.2 Å². The normalized spacial score (nSPS) is 25.2. The van der Waals surface area contributed by atoms with Crippen LogP contribution in [0.5, 0.6) is 0 Å². The van der Waals surface area contributed by atoms with Crippen molar-refractivity contribution >= 4 is 31.7 Å². The predicted molar refractivity (Wildman–Crippen MR) is 458 cm³/mol. The summed E-state index contributed by atoms with van der Waals surface area (Å²) in [6, 6.07) is 0. The fourth-order valence-electron chi connectivity index (χ4n) is 16.0. The van der Waals surface area contributed by atoms with E-state index < -0.39 is 162 Å². The van der Waals surface area contributed by atoms with Gasteiger partial charge in [0.1, 0.15) is 92.6 Å². The lowest BCUT2D eigenvalue weighted by molar-refractivity contribution is -0.360. The van der Waals surface area contributed by atoms with Crippen molar-refractivity contribution in [2.45, 2.75) is 518 Å². The Kier molecular flexibility index (Phi) is 65.2. The lowest BCUT2D eigenvalue weighted by Crippen LogP contribution is -2.70. The largest absolute Gasteiger partial charge is 0.472 e. The van der Waals surface area contributed by atoms with Crippen molar-refractivity contribution < 1.29 is 122 Å². The number of unbranched alkanes of at least 4 members (excludes halogenated alkanes) is 47. The smallest absolute Gasteiger partial charge is 0.463 e. The Bertz CT molecular complexity index is 2520. The third-order valence-corrected chi connectivity index (χ3v) is 24.7. The number of rotatable bonds is 77. The molecule has 2 saturated heterocycles. The monoisotopic (exact) mass is 1710 g/mol. The van der Waals surface area contributed by atoms with Crippen LogP contribution in [0.4, 0.5) is 0 Å². The first-order chi connectivity index (χ1) is 57.1. The van der Waals surface area contributed by atoms with Crippen LogP contribution in [-0.2, 0) is 70.7 Å². The van der Waals surface area contributed by atoms with Gasteiger partial charge in [-0.15, -0.1) is 0 Å². The molecule has 19 atom stereocenters. The zero-order chi connectivity index (χ0) is 86.2. The second kappa shape index (κ2) is 70.4. The number of aliphatic hydroxyl groups excluding tert-OH is 9. The average Bonchev–Trinajstić information content (AvgIpc) is 0.754. The highest BCUT2D eigenvalue weighted by Crippen LogP contribution is 2.49. The van der Waals surface area contributed by atoms with Gasteiger partial charge in [0.25, 0.3) is 0 Å². The van der Waals surface area contributed by atoms with E-state index in [-0.39, 0.29) is 32.1 Å². The van der Waals surface area contributed by atoms with Crippen LogP contribution >= 0.6 is 7.82 Å². The van der Waals surface area contributed by atoms with Crippen molar-refractivity contribution in [1.82, 2.24) is 0 Å². The minimum atomic E-state index is -5.81. The van der Waals surface area contributed by atoms with Crippen molar-refractivity contribution in [2.24, 2.45) is 5.92 Å². The molecule has 0 radical (unpaired) electrons. The molecule has 2 heterocycles. The molecule has 0 aromatic carbocycles. The third-order valence-electron chi connectivity index (χ3n) is 23.7. The Balaban J connectivity index is 1.91. The molecule has 0 spiro atoms. The van der Waals surface area contributed by atoms with Crippen LogP contribution in [0.3, 0.4) is 0 Å². The van der Waals surface area contributed by atoms with Crippen LogP contribution in [0.25, 0.3) is 0 Å². The Hall–Kier alpha value is -2.79. The van der Waals surface area contributed by atoms with E-state index in [2.05, 4.69) is 46.8 Å². The quantitative estimate of drug-likeness (QED) is 0.00889.